The minimum absolute atomic E-state index is 0.142. The van der Waals surface area contributed by atoms with Crippen LogP contribution < -0.4 is 10.1 Å². The largest absolute Gasteiger partial charge is 0.493 e. The summed E-state index contributed by atoms with van der Waals surface area (Å²) in [5.74, 6) is -0.179. The smallest absolute Gasteiger partial charge is 0.217 e. The van der Waals surface area contributed by atoms with Gasteiger partial charge in [-0.3, -0.25) is 4.79 Å². The van der Waals surface area contributed by atoms with Gasteiger partial charge in [0.05, 0.1) is 19.8 Å². The zero-order valence-electron chi connectivity index (χ0n) is 19.2. The van der Waals surface area contributed by atoms with E-state index in [9.17, 15) is 9.18 Å². The predicted molar refractivity (Wildman–Crippen MR) is 123 cm³/mol. The van der Waals surface area contributed by atoms with Gasteiger partial charge in [-0.15, -0.1) is 0 Å². The molecule has 2 aromatic carbocycles. The fraction of sp³-hybridized carbons (Fsp3) is 0.423. The highest BCUT2D eigenvalue weighted by atomic mass is 19.1. The molecule has 0 unspecified atom stereocenters. The van der Waals surface area contributed by atoms with E-state index in [0.29, 0.717) is 31.8 Å². The van der Waals surface area contributed by atoms with Gasteiger partial charge in [0.15, 0.2) is 5.79 Å². The molecule has 0 radical (unpaired) electrons. The molecule has 0 bridgehead atoms. The molecule has 5 nitrogen and oxygen atoms in total. The predicted octanol–water partition coefficient (Wildman–Crippen LogP) is 4.82. The Morgan fingerprint density at radius 2 is 1.91 bits per heavy atom. The van der Waals surface area contributed by atoms with E-state index in [1.807, 2.05) is 57.2 Å². The quantitative estimate of drug-likeness (QED) is 0.597. The molecule has 1 saturated heterocycles. The Balaban J connectivity index is 1.59. The average Bonchev–Trinajstić information content (AvgIpc) is 2.74. The second kappa shape index (κ2) is 10.3. The maximum Gasteiger partial charge on any atom is 0.217 e. The lowest BCUT2D eigenvalue weighted by molar-refractivity contribution is -0.264. The molecule has 6 heteroatoms. The summed E-state index contributed by atoms with van der Waals surface area (Å²) in [6.45, 7) is 8.36. The summed E-state index contributed by atoms with van der Waals surface area (Å²) in [5, 5.41) is 2.95. The normalized spacial score (nSPS) is 17.3. The SMILES string of the molecule is CC(=O)NC1(/C=C/c2ccc(OCCCc3ccccc3F)c(C)c2)COC(C)(C)OC1. The van der Waals surface area contributed by atoms with Gasteiger partial charge in [-0.1, -0.05) is 36.4 Å². The van der Waals surface area contributed by atoms with E-state index in [1.165, 1.54) is 13.0 Å². The molecule has 0 spiro atoms. The Hall–Kier alpha value is -2.70. The number of hydrogen-bond donors (Lipinski definition) is 1. The van der Waals surface area contributed by atoms with Crippen LogP contribution >= 0.6 is 0 Å². The van der Waals surface area contributed by atoms with Crippen LogP contribution in [0.2, 0.25) is 0 Å². The minimum Gasteiger partial charge on any atom is -0.493 e. The van der Waals surface area contributed by atoms with Crippen molar-refractivity contribution in [3.63, 3.8) is 0 Å². The third-order valence-electron chi connectivity index (χ3n) is 5.38. The number of hydrogen-bond acceptors (Lipinski definition) is 4. The van der Waals surface area contributed by atoms with Crippen LogP contribution in [0.4, 0.5) is 4.39 Å². The molecule has 0 aromatic heterocycles. The van der Waals surface area contributed by atoms with Crippen molar-refractivity contribution >= 4 is 12.0 Å². The molecule has 1 amide bonds. The highest BCUT2D eigenvalue weighted by Crippen LogP contribution is 2.26. The second-order valence-corrected chi connectivity index (χ2v) is 8.72. The fourth-order valence-corrected chi connectivity index (χ4v) is 3.59. The number of halogens is 1. The van der Waals surface area contributed by atoms with E-state index < -0.39 is 11.3 Å². The van der Waals surface area contributed by atoms with Crippen molar-refractivity contribution in [2.45, 2.75) is 51.9 Å². The molecule has 32 heavy (non-hydrogen) atoms. The van der Waals surface area contributed by atoms with Crippen molar-refractivity contribution in [3.8, 4) is 5.75 Å². The van der Waals surface area contributed by atoms with Gasteiger partial charge in [0.1, 0.15) is 17.1 Å². The van der Waals surface area contributed by atoms with Gasteiger partial charge in [-0.2, -0.15) is 0 Å². The molecular weight excluding hydrogens is 409 g/mol. The molecule has 1 aliphatic rings. The summed E-state index contributed by atoms with van der Waals surface area (Å²) < 4.78 is 31.2. The minimum atomic E-state index is -0.711. The summed E-state index contributed by atoms with van der Waals surface area (Å²) in [4.78, 5) is 11.7. The van der Waals surface area contributed by atoms with Crippen LogP contribution in [-0.4, -0.2) is 37.1 Å². The van der Waals surface area contributed by atoms with E-state index in [4.69, 9.17) is 14.2 Å². The van der Waals surface area contributed by atoms with E-state index in [0.717, 1.165) is 23.3 Å². The number of rotatable bonds is 8. The lowest BCUT2D eigenvalue weighted by atomic mass is 9.97. The highest BCUT2D eigenvalue weighted by molar-refractivity contribution is 5.74. The summed E-state index contributed by atoms with van der Waals surface area (Å²) in [5.41, 5.74) is 1.98. The standard InChI is InChI=1S/C26H32FNO4/c1-19-16-21(13-14-26(28-20(2)29)17-31-25(3,4)32-18-26)11-12-24(19)30-15-7-9-22-8-5-6-10-23(22)27/h5-6,8,10-14,16H,7,9,15,17-18H2,1-4H3,(H,28,29)/b14-13+. The van der Waals surface area contributed by atoms with Crippen LogP contribution in [0.3, 0.4) is 0 Å². The van der Waals surface area contributed by atoms with Crippen molar-refractivity contribution in [2.24, 2.45) is 0 Å². The maximum absolute atomic E-state index is 13.7. The van der Waals surface area contributed by atoms with Crippen LogP contribution in [-0.2, 0) is 20.7 Å². The Bertz CT molecular complexity index is 960. The van der Waals surface area contributed by atoms with Gasteiger partial charge < -0.3 is 19.5 Å². The van der Waals surface area contributed by atoms with Crippen LogP contribution in [0.25, 0.3) is 6.08 Å². The number of amides is 1. The second-order valence-electron chi connectivity index (χ2n) is 8.72. The third-order valence-corrected chi connectivity index (χ3v) is 5.38. The van der Waals surface area contributed by atoms with Crippen LogP contribution in [0.15, 0.2) is 48.5 Å². The first-order chi connectivity index (χ1) is 15.2. The molecule has 2 aromatic rings. The van der Waals surface area contributed by atoms with E-state index in [-0.39, 0.29) is 11.7 Å². The van der Waals surface area contributed by atoms with E-state index in [1.54, 1.807) is 12.1 Å². The number of nitrogens with one attached hydrogen (secondary N) is 1. The summed E-state index contributed by atoms with van der Waals surface area (Å²) in [7, 11) is 0. The highest BCUT2D eigenvalue weighted by Gasteiger charge is 2.38. The first kappa shape index (κ1) is 24.0. The van der Waals surface area contributed by atoms with Crippen LogP contribution in [0, 0.1) is 12.7 Å². The molecule has 1 N–H and O–H groups in total. The number of carbonyl (C=O) groups excluding carboxylic acids is 1. The lowest BCUT2D eigenvalue weighted by Gasteiger charge is -2.42. The number of ether oxygens (including phenoxy) is 3. The Morgan fingerprint density at radius 3 is 2.56 bits per heavy atom. The monoisotopic (exact) mass is 441 g/mol. The van der Waals surface area contributed by atoms with Crippen LogP contribution in [0.5, 0.6) is 5.75 Å². The van der Waals surface area contributed by atoms with Crippen molar-refractivity contribution in [3.05, 3.63) is 71.0 Å². The zero-order chi connectivity index (χ0) is 23.2. The molecule has 1 heterocycles. The van der Waals surface area contributed by atoms with Gasteiger partial charge in [0.25, 0.3) is 0 Å². The Kier molecular flexibility index (Phi) is 7.69. The molecule has 1 fully saturated rings. The molecule has 172 valence electrons. The number of benzene rings is 2. The summed E-state index contributed by atoms with van der Waals surface area (Å²) in [6, 6.07) is 12.7. The van der Waals surface area contributed by atoms with Gasteiger partial charge in [-0.05, 0) is 68.5 Å². The molecule has 0 saturated carbocycles. The maximum atomic E-state index is 13.7. The van der Waals surface area contributed by atoms with Crippen molar-refractivity contribution in [1.29, 1.82) is 0 Å². The first-order valence-corrected chi connectivity index (χ1v) is 10.9. The fourth-order valence-electron chi connectivity index (χ4n) is 3.59. The average molecular weight is 442 g/mol. The van der Waals surface area contributed by atoms with Crippen LogP contribution in [0.1, 0.15) is 43.9 Å². The summed E-state index contributed by atoms with van der Waals surface area (Å²) in [6.07, 6.45) is 5.25. The van der Waals surface area contributed by atoms with E-state index in [2.05, 4.69) is 5.32 Å². The van der Waals surface area contributed by atoms with Crippen molar-refractivity contribution in [1.82, 2.24) is 5.32 Å². The first-order valence-electron chi connectivity index (χ1n) is 10.9. The van der Waals surface area contributed by atoms with Gasteiger partial charge in [0, 0.05) is 6.92 Å². The van der Waals surface area contributed by atoms with Gasteiger partial charge in [-0.25, -0.2) is 4.39 Å². The van der Waals surface area contributed by atoms with Gasteiger partial charge in [0.2, 0.25) is 5.91 Å². The van der Waals surface area contributed by atoms with E-state index >= 15 is 0 Å². The third kappa shape index (κ3) is 6.65. The topological polar surface area (TPSA) is 56.8 Å². The Morgan fingerprint density at radius 1 is 1.19 bits per heavy atom. The number of carbonyl (C=O) groups is 1. The molecule has 1 aliphatic heterocycles. The molecular formula is C26H32FNO4. The zero-order valence-corrected chi connectivity index (χ0v) is 19.2. The van der Waals surface area contributed by atoms with Crippen molar-refractivity contribution < 1.29 is 23.4 Å². The molecule has 0 aliphatic carbocycles. The molecule has 0 atom stereocenters. The molecule has 3 rings (SSSR count). The van der Waals surface area contributed by atoms with Crippen molar-refractivity contribution in [2.75, 3.05) is 19.8 Å². The van der Waals surface area contributed by atoms with Gasteiger partial charge >= 0.3 is 0 Å². The Labute approximate surface area is 189 Å². The number of aryl methyl sites for hydroxylation is 2. The lowest BCUT2D eigenvalue weighted by Crippen LogP contribution is -2.59. The summed E-state index contributed by atoms with van der Waals surface area (Å²) >= 11 is 0.